The maximum Gasteiger partial charge on any atom is 0.252 e. The van der Waals surface area contributed by atoms with Crippen LogP contribution in [0.15, 0.2) is 70.3 Å². The van der Waals surface area contributed by atoms with Crippen LogP contribution in [-0.4, -0.2) is 30.4 Å². The van der Waals surface area contributed by atoms with Crippen LogP contribution < -0.4 is 0 Å². The minimum atomic E-state index is -3.38. The van der Waals surface area contributed by atoms with E-state index in [1.54, 1.807) is 16.4 Å². The van der Waals surface area contributed by atoms with Gasteiger partial charge in [-0.2, -0.15) is 4.31 Å². The summed E-state index contributed by atoms with van der Waals surface area (Å²) < 4.78 is 30.3. The van der Waals surface area contributed by atoms with Gasteiger partial charge in [-0.05, 0) is 66.5 Å². The number of aromatic nitrogens is 1. The lowest BCUT2D eigenvalue weighted by atomic mass is 9.88. The van der Waals surface area contributed by atoms with Crippen molar-refractivity contribution in [1.82, 2.24) is 8.87 Å². The molecule has 1 fully saturated rings. The Labute approximate surface area is 198 Å². The molecule has 0 radical (unpaired) electrons. The second-order valence-corrected chi connectivity index (χ2v) is 11.9. The van der Waals surface area contributed by atoms with Gasteiger partial charge in [-0.3, -0.25) is 0 Å². The number of hydrogen-bond acceptors (Lipinski definition) is 3. The molecule has 4 aromatic rings. The number of piperidine rings is 1. The van der Waals surface area contributed by atoms with Gasteiger partial charge in [0.2, 0.25) is 0 Å². The van der Waals surface area contributed by atoms with Crippen LogP contribution in [0.2, 0.25) is 5.02 Å². The van der Waals surface area contributed by atoms with Crippen molar-refractivity contribution < 1.29 is 8.42 Å². The molecule has 7 heteroatoms. The summed E-state index contributed by atoms with van der Waals surface area (Å²) in [5, 5.41) is 3.84. The number of rotatable bonds is 5. The van der Waals surface area contributed by atoms with Gasteiger partial charge in [0, 0.05) is 41.3 Å². The first-order chi connectivity index (χ1) is 15.4. The minimum absolute atomic E-state index is 0.348. The summed E-state index contributed by atoms with van der Waals surface area (Å²) in [5.74, 6) is 0.348. The maximum absolute atomic E-state index is 12.9. The van der Waals surface area contributed by atoms with Crippen LogP contribution in [0.25, 0.3) is 10.9 Å². The second-order valence-electron chi connectivity index (χ2n) is 8.34. The van der Waals surface area contributed by atoms with Crippen LogP contribution in [0.1, 0.15) is 35.6 Å². The summed E-state index contributed by atoms with van der Waals surface area (Å²) >= 11 is 7.36. The molecule has 1 aliphatic heterocycles. The number of nitrogens with zero attached hydrogens (tertiary/aromatic N) is 2. The fraction of sp³-hybridized carbons (Fsp3) is 0.280. The van der Waals surface area contributed by atoms with Crippen LogP contribution in [0.3, 0.4) is 0 Å². The van der Waals surface area contributed by atoms with E-state index in [2.05, 4.69) is 47.9 Å². The van der Waals surface area contributed by atoms with Crippen LogP contribution in [0.5, 0.6) is 0 Å². The zero-order valence-electron chi connectivity index (χ0n) is 17.9. The fourth-order valence-corrected chi connectivity index (χ4v) is 7.61. The largest absolute Gasteiger partial charge is 0.340 e. The van der Waals surface area contributed by atoms with Gasteiger partial charge in [-0.1, -0.05) is 48.0 Å². The molecule has 166 valence electrons. The lowest BCUT2D eigenvalue weighted by molar-refractivity contribution is 0.320. The lowest BCUT2D eigenvalue weighted by Crippen LogP contribution is -2.37. The molecule has 0 unspecified atom stereocenters. The summed E-state index contributed by atoms with van der Waals surface area (Å²) in [5.41, 5.74) is 5.06. The highest BCUT2D eigenvalue weighted by Gasteiger charge is 2.32. The van der Waals surface area contributed by atoms with Crippen LogP contribution in [-0.2, 0) is 16.6 Å². The number of fused-ring (bicyclic) bond motifs is 1. The average Bonchev–Trinajstić information content (AvgIpc) is 3.44. The van der Waals surface area contributed by atoms with E-state index in [0.717, 1.165) is 24.4 Å². The second kappa shape index (κ2) is 8.67. The summed E-state index contributed by atoms with van der Waals surface area (Å²) in [6.45, 7) is 4.09. The molecule has 1 saturated heterocycles. The first-order valence-electron chi connectivity index (χ1n) is 10.8. The van der Waals surface area contributed by atoms with Gasteiger partial charge in [0.05, 0.1) is 0 Å². The van der Waals surface area contributed by atoms with E-state index in [9.17, 15) is 8.42 Å². The molecule has 0 bridgehead atoms. The van der Waals surface area contributed by atoms with Crippen molar-refractivity contribution in [2.24, 2.45) is 0 Å². The van der Waals surface area contributed by atoms with Gasteiger partial charge in [-0.25, -0.2) is 8.42 Å². The molecule has 0 saturated carbocycles. The Bertz CT molecular complexity index is 1330. The third kappa shape index (κ3) is 3.90. The Kier molecular flexibility index (Phi) is 5.88. The highest BCUT2D eigenvalue weighted by Crippen LogP contribution is 2.39. The van der Waals surface area contributed by atoms with Crippen molar-refractivity contribution in [2.75, 3.05) is 13.1 Å². The van der Waals surface area contributed by atoms with E-state index in [1.807, 2.05) is 17.5 Å². The molecule has 3 heterocycles. The molecular weight excluding hydrogens is 460 g/mol. The monoisotopic (exact) mass is 484 g/mol. The normalized spacial score (nSPS) is 16.1. The number of sulfonamides is 1. The number of para-hydroxylation sites is 1. The predicted molar refractivity (Wildman–Crippen MR) is 132 cm³/mol. The van der Waals surface area contributed by atoms with Gasteiger partial charge >= 0.3 is 0 Å². The van der Waals surface area contributed by atoms with E-state index < -0.39 is 10.0 Å². The molecule has 0 amide bonds. The molecule has 2 aromatic carbocycles. The molecule has 0 aliphatic carbocycles. The number of benzene rings is 2. The predicted octanol–water partition coefficient (Wildman–Crippen LogP) is 6.28. The van der Waals surface area contributed by atoms with E-state index in [-0.39, 0.29) is 0 Å². The lowest BCUT2D eigenvalue weighted by Gasteiger charge is -2.31. The smallest absolute Gasteiger partial charge is 0.252 e. The Morgan fingerprint density at radius 3 is 2.41 bits per heavy atom. The average molecular weight is 485 g/mol. The molecule has 0 spiro atoms. The van der Waals surface area contributed by atoms with Crippen LogP contribution in [0, 0.1) is 6.92 Å². The van der Waals surface area contributed by atoms with Gasteiger partial charge in [0.15, 0.2) is 0 Å². The Morgan fingerprint density at radius 2 is 1.72 bits per heavy atom. The summed E-state index contributed by atoms with van der Waals surface area (Å²) in [6, 6.07) is 20.1. The number of hydrogen-bond donors (Lipinski definition) is 0. The zero-order valence-corrected chi connectivity index (χ0v) is 20.3. The Hall–Kier alpha value is -2.12. The van der Waals surface area contributed by atoms with E-state index in [0.29, 0.717) is 23.2 Å². The third-order valence-electron chi connectivity index (χ3n) is 6.49. The summed E-state index contributed by atoms with van der Waals surface area (Å²) in [7, 11) is -3.38. The molecular formula is C25H25ClN2O2S2. The number of halogens is 1. The first-order valence-corrected chi connectivity index (χ1v) is 13.5. The molecule has 4 nitrogen and oxygen atoms in total. The van der Waals surface area contributed by atoms with Crippen LogP contribution in [0.4, 0.5) is 0 Å². The van der Waals surface area contributed by atoms with Gasteiger partial charge in [-0.15, -0.1) is 11.3 Å². The van der Waals surface area contributed by atoms with Crippen molar-refractivity contribution in [2.45, 2.75) is 36.4 Å². The highest BCUT2D eigenvalue weighted by atomic mass is 35.5. The molecule has 0 atom stereocenters. The third-order valence-corrected chi connectivity index (χ3v) is 10.0. The topological polar surface area (TPSA) is 42.3 Å². The van der Waals surface area contributed by atoms with Crippen molar-refractivity contribution in [3.8, 4) is 0 Å². The Morgan fingerprint density at radius 1 is 1.00 bits per heavy atom. The maximum atomic E-state index is 12.9. The van der Waals surface area contributed by atoms with E-state index >= 15 is 0 Å². The van der Waals surface area contributed by atoms with Gasteiger partial charge in [0.1, 0.15) is 4.21 Å². The quantitative estimate of drug-likeness (QED) is 0.334. The summed E-state index contributed by atoms with van der Waals surface area (Å²) in [4.78, 5) is 0. The highest BCUT2D eigenvalue weighted by molar-refractivity contribution is 7.91. The standard InChI is InChI=1S/C25H25ClN2O2S2/c1-18-25(20-12-14-27(15-13-20)32(29,30)24-7-4-16-31-24)22-5-2-3-6-23(22)28(18)17-19-8-10-21(26)11-9-19/h2-11,16,20H,12-15,17H2,1H3. The van der Waals surface area contributed by atoms with Crippen molar-refractivity contribution in [3.63, 3.8) is 0 Å². The molecule has 5 rings (SSSR count). The fourth-order valence-electron chi connectivity index (χ4n) is 4.87. The SMILES string of the molecule is Cc1c(C2CCN(S(=O)(=O)c3cccs3)CC2)c2ccccc2n1Cc1ccc(Cl)cc1. The Balaban J connectivity index is 1.44. The van der Waals surface area contributed by atoms with Crippen molar-refractivity contribution in [1.29, 1.82) is 0 Å². The molecule has 2 aromatic heterocycles. The summed E-state index contributed by atoms with van der Waals surface area (Å²) in [6.07, 6.45) is 1.67. The molecule has 1 aliphatic rings. The minimum Gasteiger partial charge on any atom is -0.340 e. The van der Waals surface area contributed by atoms with E-state index in [4.69, 9.17) is 11.6 Å². The van der Waals surface area contributed by atoms with E-state index in [1.165, 1.54) is 39.1 Å². The van der Waals surface area contributed by atoms with Crippen molar-refractivity contribution >= 4 is 43.9 Å². The van der Waals surface area contributed by atoms with Crippen LogP contribution >= 0.6 is 22.9 Å². The van der Waals surface area contributed by atoms with Gasteiger partial charge in [0.25, 0.3) is 10.0 Å². The van der Waals surface area contributed by atoms with Gasteiger partial charge < -0.3 is 4.57 Å². The zero-order chi connectivity index (χ0) is 22.3. The number of thiophene rings is 1. The first kappa shape index (κ1) is 21.7. The van der Waals surface area contributed by atoms with Crippen molar-refractivity contribution in [3.05, 3.63) is 87.9 Å². The molecule has 32 heavy (non-hydrogen) atoms. The molecule has 0 N–H and O–H groups in total.